The number of benzene rings is 1. The van der Waals surface area contributed by atoms with Crippen LogP contribution < -0.4 is 4.90 Å². The Labute approximate surface area is 242 Å². The second-order valence-corrected chi connectivity index (χ2v) is 12.6. The lowest BCUT2D eigenvalue weighted by Crippen LogP contribution is -2.34. The van der Waals surface area contributed by atoms with Gasteiger partial charge in [-0.2, -0.15) is 5.26 Å². The highest BCUT2D eigenvalue weighted by atomic mass is 15.6. The van der Waals surface area contributed by atoms with Crippen molar-refractivity contribution in [2.24, 2.45) is 21.9 Å². The van der Waals surface area contributed by atoms with Gasteiger partial charge >= 0.3 is 0 Å². The average Bonchev–Trinajstić information content (AvgIpc) is 3.48. The molecule has 2 aromatic rings. The van der Waals surface area contributed by atoms with Gasteiger partial charge in [-0.1, -0.05) is 87.0 Å². The van der Waals surface area contributed by atoms with Crippen molar-refractivity contribution in [3.05, 3.63) is 34.9 Å². The van der Waals surface area contributed by atoms with E-state index >= 15 is 0 Å². The van der Waals surface area contributed by atoms with Gasteiger partial charge in [-0.3, -0.25) is 0 Å². The van der Waals surface area contributed by atoms with Crippen molar-refractivity contribution in [3.8, 4) is 6.07 Å². The van der Waals surface area contributed by atoms with E-state index in [4.69, 9.17) is 9.98 Å². The molecule has 218 valence electrons. The maximum absolute atomic E-state index is 9.79. The summed E-state index contributed by atoms with van der Waals surface area (Å²) in [6.45, 7) is 21.9. The fraction of sp³-hybridized carbons (Fsp3) is 0.667. The Kier molecular flexibility index (Phi) is 11.1. The summed E-state index contributed by atoms with van der Waals surface area (Å²) in [7, 11) is 0. The minimum Gasteiger partial charge on any atom is -0.371 e. The molecule has 1 aromatic heterocycles. The molecule has 0 spiro atoms. The molecule has 3 rings (SSSR count). The fourth-order valence-electron chi connectivity index (χ4n) is 5.41. The Morgan fingerprint density at radius 1 is 0.950 bits per heavy atom. The largest absolute Gasteiger partial charge is 0.371 e. The van der Waals surface area contributed by atoms with Crippen LogP contribution in [0.15, 0.2) is 22.2 Å². The van der Waals surface area contributed by atoms with Crippen LogP contribution in [0.5, 0.6) is 0 Å². The molecule has 7 nitrogen and oxygen atoms in total. The maximum Gasteiger partial charge on any atom is 0.205 e. The summed E-state index contributed by atoms with van der Waals surface area (Å²) in [5.41, 5.74) is 4.89. The second-order valence-electron chi connectivity index (χ2n) is 12.6. The topological polar surface area (TPSA) is 82.5 Å². The van der Waals surface area contributed by atoms with E-state index in [1.165, 1.54) is 61.8 Å². The first-order valence-electron chi connectivity index (χ1n) is 15.5. The number of fused-ring (bicyclic) bond motifs is 1. The van der Waals surface area contributed by atoms with Crippen LogP contribution in [0.3, 0.4) is 0 Å². The number of aliphatic imine (C=N–C) groups is 1. The lowest BCUT2D eigenvalue weighted by Gasteiger charge is -2.33. The lowest BCUT2D eigenvalue weighted by atomic mass is 9.95. The Bertz CT molecular complexity index is 1200. The third-order valence-electron chi connectivity index (χ3n) is 8.11. The molecule has 0 saturated heterocycles. The standard InChI is InChI=1S/C33H51N7/c1-10-14-16-25(12-3)21-39(22-26(13-4)17-15-11-2)27-18-23(5)29(24(6)19-27)35-30-28(20-34)37-40-31(30)36-32(38-40)33(7,8)9/h18-19,25-26H,10-17,21-22H2,1-9H3. The molecule has 2 atom stereocenters. The number of nitriles is 1. The van der Waals surface area contributed by atoms with Gasteiger partial charge in [0, 0.05) is 24.2 Å². The third-order valence-corrected chi connectivity index (χ3v) is 8.11. The highest BCUT2D eigenvalue weighted by Crippen LogP contribution is 2.33. The molecule has 0 aliphatic carbocycles. The van der Waals surface area contributed by atoms with Crippen LogP contribution in [0, 0.1) is 37.0 Å². The van der Waals surface area contributed by atoms with Gasteiger partial charge in [0.1, 0.15) is 11.8 Å². The van der Waals surface area contributed by atoms with Gasteiger partial charge in [-0.05, 0) is 61.8 Å². The summed E-state index contributed by atoms with van der Waals surface area (Å²) in [6.07, 6.45) is 10.1. The monoisotopic (exact) mass is 545 g/mol. The molecular weight excluding hydrogens is 494 g/mol. The van der Waals surface area contributed by atoms with Crippen LogP contribution in [0.2, 0.25) is 0 Å². The Hall–Kier alpha value is -3.01. The van der Waals surface area contributed by atoms with Crippen molar-refractivity contribution < 1.29 is 0 Å². The smallest absolute Gasteiger partial charge is 0.205 e. The van der Waals surface area contributed by atoms with Gasteiger partial charge < -0.3 is 4.90 Å². The summed E-state index contributed by atoms with van der Waals surface area (Å²) in [5.74, 6) is 2.62. The molecule has 1 aromatic carbocycles. The third kappa shape index (κ3) is 7.59. The summed E-state index contributed by atoms with van der Waals surface area (Å²) in [5, 5.41) is 18.7. The predicted molar refractivity (Wildman–Crippen MR) is 168 cm³/mol. The highest BCUT2D eigenvalue weighted by molar-refractivity contribution is 6.54. The van der Waals surface area contributed by atoms with E-state index in [2.05, 4.69) is 95.6 Å². The van der Waals surface area contributed by atoms with Crippen molar-refractivity contribution >= 4 is 22.8 Å². The minimum atomic E-state index is -0.220. The van der Waals surface area contributed by atoms with Gasteiger partial charge in [0.25, 0.3) is 0 Å². The molecule has 1 aliphatic heterocycles. The average molecular weight is 546 g/mol. The van der Waals surface area contributed by atoms with Crippen LogP contribution in [-0.4, -0.2) is 39.4 Å². The molecule has 0 N–H and O–H groups in total. The van der Waals surface area contributed by atoms with E-state index in [0.717, 1.165) is 29.9 Å². The minimum absolute atomic E-state index is 0.220. The fourth-order valence-corrected chi connectivity index (χ4v) is 5.41. The van der Waals surface area contributed by atoms with E-state index in [0.29, 0.717) is 29.2 Å². The number of anilines is 1. The molecule has 0 amide bonds. The number of unbranched alkanes of at least 4 members (excludes halogenated alkanes) is 2. The molecule has 0 radical (unpaired) electrons. The molecule has 0 bridgehead atoms. The van der Waals surface area contributed by atoms with E-state index in [1.54, 1.807) is 0 Å². The molecule has 40 heavy (non-hydrogen) atoms. The molecule has 2 heterocycles. The molecule has 0 saturated carbocycles. The molecule has 2 unspecified atom stereocenters. The molecule has 7 heteroatoms. The SMILES string of the molecule is CCCCC(CC)CN(CC(CC)CCCC)c1cc(C)c(N=C2C(C#N)=Nn3nc(C(C)(C)C)nc32)c(C)c1. The predicted octanol–water partition coefficient (Wildman–Crippen LogP) is 8.29. The Balaban J connectivity index is 2.00. The number of hydrogen-bond donors (Lipinski definition) is 0. The number of aromatic nitrogens is 3. The van der Waals surface area contributed by atoms with Crippen molar-refractivity contribution in [2.75, 3.05) is 18.0 Å². The van der Waals surface area contributed by atoms with Crippen LogP contribution in [0.4, 0.5) is 11.4 Å². The van der Waals surface area contributed by atoms with Crippen molar-refractivity contribution in [1.29, 1.82) is 5.26 Å². The van der Waals surface area contributed by atoms with E-state index in [9.17, 15) is 5.26 Å². The normalized spacial score (nSPS) is 15.6. The molecule has 0 fully saturated rings. The number of hydrogen-bond acceptors (Lipinski definition) is 6. The first kappa shape index (κ1) is 31.5. The van der Waals surface area contributed by atoms with Crippen LogP contribution in [0.25, 0.3) is 0 Å². The Morgan fingerprint density at radius 3 is 1.95 bits per heavy atom. The molecular formula is C33H51N7. The zero-order chi connectivity index (χ0) is 29.4. The van der Waals surface area contributed by atoms with E-state index < -0.39 is 0 Å². The van der Waals surface area contributed by atoms with Crippen LogP contribution >= 0.6 is 0 Å². The van der Waals surface area contributed by atoms with Crippen LogP contribution in [0.1, 0.15) is 123 Å². The van der Waals surface area contributed by atoms with Gasteiger partial charge in [0.2, 0.25) is 5.82 Å². The Morgan fingerprint density at radius 2 is 1.50 bits per heavy atom. The van der Waals surface area contributed by atoms with Crippen molar-refractivity contribution in [3.63, 3.8) is 0 Å². The van der Waals surface area contributed by atoms with Gasteiger partial charge in [-0.25, -0.2) is 9.98 Å². The molecule has 1 aliphatic rings. The second kappa shape index (κ2) is 14.1. The summed E-state index contributed by atoms with van der Waals surface area (Å²) in [6, 6.07) is 6.77. The summed E-state index contributed by atoms with van der Waals surface area (Å²) < 4.78 is 0. The van der Waals surface area contributed by atoms with Crippen LogP contribution in [-0.2, 0) is 5.41 Å². The summed E-state index contributed by atoms with van der Waals surface area (Å²) >= 11 is 0. The number of nitrogens with zero attached hydrogens (tertiary/aromatic N) is 7. The lowest BCUT2D eigenvalue weighted by molar-refractivity contribution is 0.403. The zero-order valence-corrected chi connectivity index (χ0v) is 26.5. The summed E-state index contributed by atoms with van der Waals surface area (Å²) in [4.78, 5) is 13.8. The van der Waals surface area contributed by atoms with Crippen molar-refractivity contribution in [1.82, 2.24) is 14.9 Å². The number of aryl methyl sites for hydroxylation is 2. The van der Waals surface area contributed by atoms with E-state index in [-0.39, 0.29) is 11.1 Å². The van der Waals surface area contributed by atoms with Gasteiger partial charge in [0.15, 0.2) is 11.5 Å². The van der Waals surface area contributed by atoms with Gasteiger partial charge in [-0.15, -0.1) is 15.0 Å². The van der Waals surface area contributed by atoms with E-state index in [1.807, 2.05) is 0 Å². The first-order valence-corrected chi connectivity index (χ1v) is 15.5. The first-order chi connectivity index (χ1) is 19.1. The number of rotatable bonds is 14. The van der Waals surface area contributed by atoms with Gasteiger partial charge in [0.05, 0.1) is 5.69 Å². The maximum atomic E-state index is 9.79. The zero-order valence-electron chi connectivity index (χ0n) is 26.5. The highest BCUT2D eigenvalue weighted by Gasteiger charge is 2.31. The quantitative estimate of drug-likeness (QED) is 0.239. The van der Waals surface area contributed by atoms with Crippen molar-refractivity contribution in [2.45, 2.75) is 119 Å².